The molecule has 2 aliphatic rings. The Kier molecular flexibility index (Phi) is 4.10. The molecule has 1 atom stereocenters. The van der Waals surface area contributed by atoms with Crippen LogP contribution >= 0.6 is 11.6 Å². The molecule has 2 heterocycles. The van der Waals surface area contributed by atoms with E-state index in [1.54, 1.807) is 29.2 Å². The molecule has 0 aliphatic carbocycles. The highest BCUT2D eigenvalue weighted by Gasteiger charge is 2.78. The van der Waals surface area contributed by atoms with E-state index in [1.165, 1.54) is 0 Å². The summed E-state index contributed by atoms with van der Waals surface area (Å²) in [6.07, 6.45) is 0. The normalized spacial score (nSPS) is 23.6. The van der Waals surface area contributed by atoms with Gasteiger partial charge in [0.05, 0.1) is 0 Å². The van der Waals surface area contributed by atoms with Gasteiger partial charge >= 0.3 is 0 Å². The zero-order chi connectivity index (χ0) is 21.0. The maximum Gasteiger partial charge on any atom is 0.289 e. The molecule has 30 heavy (non-hydrogen) atoms. The molecule has 0 radical (unpaired) electrons. The highest BCUT2D eigenvalue weighted by atomic mass is 35.5. The van der Waals surface area contributed by atoms with Crippen LogP contribution in [-0.4, -0.2) is 17.5 Å². The zero-order valence-corrected chi connectivity index (χ0v) is 17.4. The molecule has 1 saturated heterocycles. The van der Waals surface area contributed by atoms with Crippen LogP contribution in [0.25, 0.3) is 0 Å². The van der Waals surface area contributed by atoms with Gasteiger partial charge in [0.15, 0.2) is 11.1 Å². The molecule has 1 amide bonds. The molecular formula is C24H20ClN3O2. The lowest BCUT2D eigenvalue weighted by Crippen LogP contribution is -2.81. The molecule has 6 heteroatoms. The zero-order valence-electron chi connectivity index (χ0n) is 16.6. The highest BCUT2D eigenvalue weighted by molar-refractivity contribution is 6.30. The molecule has 3 aromatic carbocycles. The smallest absolute Gasteiger partial charge is 0.289 e. The summed E-state index contributed by atoms with van der Waals surface area (Å²) in [5.41, 5.74) is 0.238. The van der Waals surface area contributed by atoms with Crippen LogP contribution in [0.2, 0.25) is 5.02 Å². The number of ether oxygens (including phenoxy) is 1. The SMILES string of the molecule is CC1(C)N=NC2(O1)N(c1ccc(Cl)cc1)C(=O)C2(c1ccccc1)c1ccccc1. The van der Waals surface area contributed by atoms with Crippen molar-refractivity contribution in [3.05, 3.63) is 101 Å². The summed E-state index contributed by atoms with van der Waals surface area (Å²) in [6, 6.07) is 26.4. The fourth-order valence-electron chi connectivity index (χ4n) is 4.43. The van der Waals surface area contributed by atoms with Crippen molar-refractivity contribution in [2.24, 2.45) is 10.2 Å². The van der Waals surface area contributed by atoms with Crippen LogP contribution in [0.15, 0.2) is 95.2 Å². The first-order valence-corrected chi connectivity index (χ1v) is 10.1. The molecule has 5 rings (SSSR count). The van der Waals surface area contributed by atoms with E-state index in [2.05, 4.69) is 10.2 Å². The number of rotatable bonds is 3. The topological polar surface area (TPSA) is 54.3 Å². The van der Waals surface area contributed by atoms with Gasteiger partial charge in [-0.05, 0) is 49.2 Å². The van der Waals surface area contributed by atoms with Crippen LogP contribution < -0.4 is 4.90 Å². The maximum absolute atomic E-state index is 14.1. The molecule has 2 aliphatic heterocycles. The first kappa shape index (κ1) is 19.0. The Balaban J connectivity index is 1.79. The second kappa shape index (κ2) is 6.49. The highest BCUT2D eigenvalue weighted by Crippen LogP contribution is 2.60. The van der Waals surface area contributed by atoms with Crippen LogP contribution in [0.5, 0.6) is 0 Å². The van der Waals surface area contributed by atoms with Crippen molar-refractivity contribution >= 4 is 23.2 Å². The maximum atomic E-state index is 14.1. The van der Waals surface area contributed by atoms with Gasteiger partial charge in [0.1, 0.15) is 0 Å². The van der Waals surface area contributed by atoms with Gasteiger partial charge in [-0.25, -0.2) is 0 Å². The second-order valence-corrected chi connectivity index (χ2v) is 8.39. The molecular weight excluding hydrogens is 398 g/mol. The monoisotopic (exact) mass is 417 g/mol. The Morgan fingerprint density at radius 2 is 1.33 bits per heavy atom. The van der Waals surface area contributed by atoms with Gasteiger partial charge in [-0.2, -0.15) is 5.11 Å². The third kappa shape index (κ3) is 2.42. The van der Waals surface area contributed by atoms with Crippen LogP contribution in [-0.2, 0) is 14.9 Å². The van der Waals surface area contributed by atoms with E-state index in [-0.39, 0.29) is 5.91 Å². The summed E-state index contributed by atoms with van der Waals surface area (Å²) >= 11 is 6.08. The number of nitrogens with zero attached hydrogens (tertiary/aromatic N) is 3. The Hall–Kier alpha value is -3.02. The van der Waals surface area contributed by atoms with Crippen LogP contribution in [0.3, 0.4) is 0 Å². The van der Waals surface area contributed by atoms with E-state index in [9.17, 15) is 4.79 Å². The lowest BCUT2D eigenvalue weighted by atomic mass is 9.62. The molecule has 1 unspecified atom stereocenters. The Morgan fingerprint density at radius 3 is 1.80 bits per heavy atom. The third-order valence-electron chi connectivity index (χ3n) is 5.63. The minimum absolute atomic E-state index is 0.126. The predicted molar refractivity (Wildman–Crippen MR) is 115 cm³/mol. The summed E-state index contributed by atoms with van der Waals surface area (Å²) in [5.74, 6) is -1.47. The van der Waals surface area contributed by atoms with Crippen molar-refractivity contribution in [2.75, 3.05) is 4.90 Å². The van der Waals surface area contributed by atoms with Crippen molar-refractivity contribution in [1.82, 2.24) is 0 Å². The molecule has 5 nitrogen and oxygen atoms in total. The van der Waals surface area contributed by atoms with E-state index < -0.39 is 17.0 Å². The van der Waals surface area contributed by atoms with Crippen molar-refractivity contribution in [3.8, 4) is 0 Å². The first-order valence-electron chi connectivity index (χ1n) is 9.76. The van der Waals surface area contributed by atoms with Crippen molar-refractivity contribution in [3.63, 3.8) is 0 Å². The van der Waals surface area contributed by atoms with Gasteiger partial charge in [0, 0.05) is 10.7 Å². The Labute approximate surface area is 180 Å². The molecule has 0 saturated carbocycles. The molecule has 3 aromatic rings. The summed E-state index contributed by atoms with van der Waals surface area (Å²) in [7, 11) is 0. The predicted octanol–water partition coefficient (Wildman–Crippen LogP) is 5.55. The quantitative estimate of drug-likeness (QED) is 0.525. The average molecular weight is 418 g/mol. The van der Waals surface area contributed by atoms with Crippen LogP contribution in [0, 0.1) is 0 Å². The van der Waals surface area contributed by atoms with Crippen LogP contribution in [0.1, 0.15) is 25.0 Å². The molecule has 0 bridgehead atoms. The fraction of sp³-hybridized carbons (Fsp3) is 0.208. The number of hydrogen-bond acceptors (Lipinski definition) is 4. The number of carbonyl (C=O) groups excluding carboxylic acids is 1. The minimum Gasteiger partial charge on any atom is -0.304 e. The summed E-state index contributed by atoms with van der Waals surface area (Å²) < 4.78 is 6.50. The first-order chi connectivity index (χ1) is 14.4. The fourth-order valence-corrected chi connectivity index (χ4v) is 4.55. The number of amides is 1. The van der Waals surface area contributed by atoms with Gasteiger partial charge in [-0.3, -0.25) is 9.69 Å². The van der Waals surface area contributed by atoms with Gasteiger partial charge in [-0.1, -0.05) is 72.3 Å². The molecule has 0 N–H and O–H groups in total. The van der Waals surface area contributed by atoms with E-state index >= 15 is 0 Å². The Bertz CT molecular complexity index is 1090. The average Bonchev–Trinajstić information content (AvgIpc) is 3.09. The number of benzene rings is 3. The van der Waals surface area contributed by atoms with E-state index in [0.29, 0.717) is 10.7 Å². The molecule has 1 spiro atoms. The number of carbonyl (C=O) groups is 1. The van der Waals surface area contributed by atoms with Gasteiger partial charge in [0.25, 0.3) is 11.8 Å². The Morgan fingerprint density at radius 1 is 0.800 bits per heavy atom. The number of anilines is 1. The van der Waals surface area contributed by atoms with E-state index in [4.69, 9.17) is 16.3 Å². The number of azo groups is 1. The molecule has 0 aromatic heterocycles. The van der Waals surface area contributed by atoms with Gasteiger partial charge in [0.2, 0.25) is 0 Å². The van der Waals surface area contributed by atoms with E-state index in [1.807, 2.05) is 74.5 Å². The number of hydrogen-bond donors (Lipinski definition) is 0. The van der Waals surface area contributed by atoms with Gasteiger partial charge < -0.3 is 4.74 Å². The molecule has 150 valence electrons. The lowest BCUT2D eigenvalue weighted by Gasteiger charge is -2.59. The van der Waals surface area contributed by atoms with Crippen molar-refractivity contribution in [2.45, 2.75) is 30.8 Å². The number of β-lactam (4-membered cyclic amide) rings is 1. The largest absolute Gasteiger partial charge is 0.304 e. The number of halogens is 1. The molecule has 1 fully saturated rings. The van der Waals surface area contributed by atoms with Crippen molar-refractivity contribution in [1.29, 1.82) is 0 Å². The van der Waals surface area contributed by atoms with Crippen molar-refractivity contribution < 1.29 is 9.53 Å². The van der Waals surface area contributed by atoms with E-state index in [0.717, 1.165) is 11.1 Å². The van der Waals surface area contributed by atoms with Crippen LogP contribution in [0.4, 0.5) is 5.69 Å². The second-order valence-electron chi connectivity index (χ2n) is 7.96. The lowest BCUT2D eigenvalue weighted by molar-refractivity contribution is -0.183. The minimum atomic E-state index is -1.34. The van der Waals surface area contributed by atoms with Gasteiger partial charge in [-0.15, -0.1) is 5.11 Å². The third-order valence-corrected chi connectivity index (χ3v) is 5.88. The summed E-state index contributed by atoms with van der Waals surface area (Å²) in [5, 5.41) is 9.63. The summed E-state index contributed by atoms with van der Waals surface area (Å²) in [4.78, 5) is 15.6. The summed E-state index contributed by atoms with van der Waals surface area (Å²) in [6.45, 7) is 3.68. The standard InChI is InChI=1S/C24H20ClN3O2/c1-22(2)26-27-24(30-22)23(17-9-5-3-6-10-17,18-11-7-4-8-12-18)21(29)28(24)20-15-13-19(25)14-16-20/h3-16H,1-2H3.